The van der Waals surface area contributed by atoms with Crippen LogP contribution < -0.4 is 0 Å². The average molecular weight is 167 g/mol. The SMILES string of the molecule is C=CC(=O)N1CCC[C@H]1CCC. The number of likely N-dealkylation sites (tertiary alicyclic amines) is 1. The zero-order valence-electron chi connectivity index (χ0n) is 7.75. The van der Waals surface area contributed by atoms with Gasteiger partial charge >= 0.3 is 0 Å². The lowest BCUT2D eigenvalue weighted by Gasteiger charge is -2.22. The fraction of sp³-hybridized carbons (Fsp3) is 0.700. The molecular formula is C10H17NO. The summed E-state index contributed by atoms with van der Waals surface area (Å²) in [7, 11) is 0. The predicted octanol–water partition coefficient (Wildman–Crippen LogP) is 1.96. The Morgan fingerprint density at radius 3 is 3.08 bits per heavy atom. The summed E-state index contributed by atoms with van der Waals surface area (Å²) < 4.78 is 0. The maximum atomic E-state index is 11.3. The number of rotatable bonds is 3. The van der Waals surface area contributed by atoms with Gasteiger partial charge in [0.15, 0.2) is 0 Å². The molecule has 1 amide bonds. The molecule has 1 aliphatic rings. The monoisotopic (exact) mass is 167 g/mol. The van der Waals surface area contributed by atoms with E-state index in [0.717, 1.165) is 25.8 Å². The summed E-state index contributed by atoms with van der Waals surface area (Å²) in [6, 6.07) is 0.487. The molecule has 0 aromatic heterocycles. The van der Waals surface area contributed by atoms with Gasteiger partial charge in [-0.1, -0.05) is 19.9 Å². The summed E-state index contributed by atoms with van der Waals surface area (Å²) in [5, 5.41) is 0. The van der Waals surface area contributed by atoms with Gasteiger partial charge in [-0.15, -0.1) is 0 Å². The van der Waals surface area contributed by atoms with E-state index >= 15 is 0 Å². The molecular weight excluding hydrogens is 150 g/mol. The Hall–Kier alpha value is -0.790. The fourth-order valence-corrected chi connectivity index (χ4v) is 1.88. The molecule has 0 N–H and O–H groups in total. The molecule has 1 fully saturated rings. The first-order valence-electron chi connectivity index (χ1n) is 4.72. The molecule has 0 spiro atoms. The van der Waals surface area contributed by atoms with Gasteiger partial charge in [0.05, 0.1) is 0 Å². The maximum Gasteiger partial charge on any atom is 0.246 e. The summed E-state index contributed by atoms with van der Waals surface area (Å²) in [4.78, 5) is 13.3. The van der Waals surface area contributed by atoms with E-state index in [1.807, 2.05) is 4.90 Å². The van der Waals surface area contributed by atoms with Crippen LogP contribution in [0.3, 0.4) is 0 Å². The van der Waals surface area contributed by atoms with Crippen LogP contribution in [0.5, 0.6) is 0 Å². The Labute approximate surface area is 74.2 Å². The largest absolute Gasteiger partial charge is 0.336 e. The summed E-state index contributed by atoms with van der Waals surface area (Å²) in [5.74, 6) is 0.103. The summed E-state index contributed by atoms with van der Waals surface area (Å²) in [6.45, 7) is 6.60. The van der Waals surface area contributed by atoms with Crippen LogP contribution in [0, 0.1) is 0 Å². The molecule has 2 heteroatoms. The lowest BCUT2D eigenvalue weighted by molar-refractivity contribution is -0.126. The molecule has 0 unspecified atom stereocenters. The molecule has 0 saturated carbocycles. The van der Waals surface area contributed by atoms with Crippen molar-refractivity contribution >= 4 is 5.91 Å². The van der Waals surface area contributed by atoms with Gasteiger partial charge in [-0.3, -0.25) is 4.79 Å². The minimum absolute atomic E-state index is 0.103. The number of carbonyl (C=O) groups is 1. The van der Waals surface area contributed by atoms with E-state index in [-0.39, 0.29) is 5.91 Å². The average Bonchev–Trinajstić information content (AvgIpc) is 2.52. The zero-order chi connectivity index (χ0) is 8.97. The topological polar surface area (TPSA) is 20.3 Å². The fourth-order valence-electron chi connectivity index (χ4n) is 1.88. The van der Waals surface area contributed by atoms with Crippen molar-refractivity contribution in [2.45, 2.75) is 38.6 Å². The molecule has 68 valence electrons. The van der Waals surface area contributed by atoms with Gasteiger partial charge in [-0.05, 0) is 25.3 Å². The third-order valence-electron chi connectivity index (χ3n) is 2.46. The van der Waals surface area contributed by atoms with E-state index in [9.17, 15) is 4.79 Å². The van der Waals surface area contributed by atoms with Gasteiger partial charge in [0.25, 0.3) is 0 Å². The van der Waals surface area contributed by atoms with Crippen LogP contribution in [0.1, 0.15) is 32.6 Å². The van der Waals surface area contributed by atoms with E-state index < -0.39 is 0 Å². The van der Waals surface area contributed by atoms with Crippen molar-refractivity contribution in [3.63, 3.8) is 0 Å². The molecule has 0 aromatic carbocycles. The van der Waals surface area contributed by atoms with Crippen molar-refractivity contribution < 1.29 is 4.79 Å². The Morgan fingerprint density at radius 2 is 2.50 bits per heavy atom. The minimum Gasteiger partial charge on any atom is -0.336 e. The van der Waals surface area contributed by atoms with Crippen LogP contribution in [0.2, 0.25) is 0 Å². The highest BCUT2D eigenvalue weighted by atomic mass is 16.2. The third-order valence-corrected chi connectivity index (χ3v) is 2.46. The van der Waals surface area contributed by atoms with Crippen molar-refractivity contribution in [3.8, 4) is 0 Å². The van der Waals surface area contributed by atoms with Crippen LogP contribution in [0.25, 0.3) is 0 Å². The molecule has 2 nitrogen and oxygen atoms in total. The van der Waals surface area contributed by atoms with Gasteiger partial charge in [0, 0.05) is 12.6 Å². The molecule has 1 rings (SSSR count). The van der Waals surface area contributed by atoms with Crippen LogP contribution in [0.4, 0.5) is 0 Å². The van der Waals surface area contributed by atoms with E-state index in [1.165, 1.54) is 12.5 Å². The van der Waals surface area contributed by atoms with Crippen molar-refractivity contribution in [3.05, 3.63) is 12.7 Å². The van der Waals surface area contributed by atoms with E-state index in [2.05, 4.69) is 13.5 Å². The first-order chi connectivity index (χ1) is 5.79. The van der Waals surface area contributed by atoms with Gasteiger partial charge in [-0.2, -0.15) is 0 Å². The number of hydrogen-bond acceptors (Lipinski definition) is 1. The van der Waals surface area contributed by atoms with E-state index in [4.69, 9.17) is 0 Å². The quantitative estimate of drug-likeness (QED) is 0.588. The first-order valence-corrected chi connectivity index (χ1v) is 4.72. The van der Waals surface area contributed by atoms with Crippen molar-refractivity contribution in [1.29, 1.82) is 0 Å². The van der Waals surface area contributed by atoms with Crippen molar-refractivity contribution in [2.24, 2.45) is 0 Å². The normalized spacial score (nSPS) is 22.8. The maximum absolute atomic E-state index is 11.3. The molecule has 0 aliphatic carbocycles. The van der Waals surface area contributed by atoms with Crippen LogP contribution in [-0.4, -0.2) is 23.4 Å². The zero-order valence-corrected chi connectivity index (χ0v) is 7.75. The Morgan fingerprint density at radius 1 is 1.75 bits per heavy atom. The highest BCUT2D eigenvalue weighted by Gasteiger charge is 2.25. The van der Waals surface area contributed by atoms with Gasteiger partial charge in [0.1, 0.15) is 0 Å². The van der Waals surface area contributed by atoms with Crippen LogP contribution in [-0.2, 0) is 4.79 Å². The number of carbonyl (C=O) groups excluding carboxylic acids is 1. The number of nitrogens with zero attached hydrogens (tertiary/aromatic N) is 1. The molecule has 1 heterocycles. The summed E-state index contributed by atoms with van der Waals surface area (Å²) in [6.07, 6.45) is 6.05. The Kier molecular flexibility index (Phi) is 3.32. The van der Waals surface area contributed by atoms with Crippen molar-refractivity contribution in [2.75, 3.05) is 6.54 Å². The number of hydrogen-bond donors (Lipinski definition) is 0. The molecule has 1 aliphatic heterocycles. The second-order valence-electron chi connectivity index (χ2n) is 3.32. The van der Waals surface area contributed by atoms with Gasteiger partial charge in [0.2, 0.25) is 5.91 Å². The van der Waals surface area contributed by atoms with E-state index in [0.29, 0.717) is 6.04 Å². The molecule has 0 aromatic rings. The third kappa shape index (κ3) is 1.87. The summed E-state index contributed by atoms with van der Waals surface area (Å²) in [5.41, 5.74) is 0. The van der Waals surface area contributed by atoms with Crippen LogP contribution in [0.15, 0.2) is 12.7 Å². The molecule has 0 bridgehead atoms. The Bertz CT molecular complexity index is 177. The van der Waals surface area contributed by atoms with Gasteiger partial charge < -0.3 is 4.90 Å². The predicted molar refractivity (Wildman–Crippen MR) is 49.8 cm³/mol. The molecule has 12 heavy (non-hydrogen) atoms. The number of amides is 1. The first kappa shape index (κ1) is 9.30. The lowest BCUT2D eigenvalue weighted by Crippen LogP contribution is -2.33. The summed E-state index contributed by atoms with van der Waals surface area (Å²) >= 11 is 0. The standard InChI is InChI=1S/C10H17NO/c1-3-6-9-7-5-8-11(9)10(12)4-2/h4,9H,2-3,5-8H2,1H3/t9-/m1/s1. The second-order valence-corrected chi connectivity index (χ2v) is 3.32. The molecule has 0 radical (unpaired) electrons. The van der Waals surface area contributed by atoms with Crippen molar-refractivity contribution in [1.82, 2.24) is 4.90 Å². The smallest absolute Gasteiger partial charge is 0.246 e. The lowest BCUT2D eigenvalue weighted by atomic mass is 10.1. The second kappa shape index (κ2) is 4.29. The molecule has 1 saturated heterocycles. The highest BCUT2D eigenvalue weighted by Crippen LogP contribution is 2.21. The highest BCUT2D eigenvalue weighted by molar-refractivity contribution is 5.87. The minimum atomic E-state index is 0.103. The van der Waals surface area contributed by atoms with Crippen LogP contribution >= 0.6 is 0 Å². The van der Waals surface area contributed by atoms with E-state index in [1.54, 1.807) is 0 Å². The Balaban J connectivity index is 2.51. The molecule has 1 atom stereocenters. The van der Waals surface area contributed by atoms with Gasteiger partial charge in [-0.25, -0.2) is 0 Å².